The van der Waals surface area contributed by atoms with E-state index in [9.17, 15) is 9.59 Å². The number of likely N-dealkylation sites (tertiary alicyclic amines) is 1. The van der Waals surface area contributed by atoms with Crippen LogP contribution < -0.4 is 0 Å². The van der Waals surface area contributed by atoms with Crippen LogP contribution in [0.3, 0.4) is 0 Å². The second-order valence-corrected chi connectivity index (χ2v) is 6.33. The maximum Gasteiger partial charge on any atom is 0.312 e. The second kappa shape index (κ2) is 5.20. The molecule has 4 atom stereocenters. The number of hydrogen-bond donors (Lipinski definition) is 0. The van der Waals surface area contributed by atoms with E-state index in [2.05, 4.69) is 0 Å². The summed E-state index contributed by atoms with van der Waals surface area (Å²) in [5.41, 5.74) is 0.414. The molecule has 1 aromatic carbocycles. The molecule has 2 fully saturated rings. The summed E-state index contributed by atoms with van der Waals surface area (Å²) in [4.78, 5) is 27.0. The highest BCUT2D eigenvalue weighted by Gasteiger charge is 2.67. The van der Waals surface area contributed by atoms with Gasteiger partial charge in [-0.05, 0) is 12.5 Å². The Morgan fingerprint density at radius 2 is 2.17 bits per heavy atom. The van der Waals surface area contributed by atoms with Gasteiger partial charge in [0.1, 0.15) is 11.5 Å². The molecule has 23 heavy (non-hydrogen) atoms. The Morgan fingerprint density at radius 1 is 1.39 bits per heavy atom. The Bertz CT molecular complexity index is 671. The lowest BCUT2D eigenvalue weighted by atomic mass is 9.77. The van der Waals surface area contributed by atoms with Gasteiger partial charge in [0, 0.05) is 6.54 Å². The fourth-order valence-corrected chi connectivity index (χ4v) is 4.02. The Balaban J connectivity index is 1.60. The van der Waals surface area contributed by atoms with Crippen LogP contribution in [0.1, 0.15) is 12.5 Å². The molecular weight excluding hydrogens is 294 g/mol. The number of hydrogen-bond acceptors (Lipinski definition) is 4. The van der Waals surface area contributed by atoms with Crippen molar-refractivity contribution in [1.29, 1.82) is 0 Å². The fraction of sp³-hybridized carbons (Fsp3) is 0.444. The van der Waals surface area contributed by atoms with Gasteiger partial charge in [0.15, 0.2) is 0 Å². The third-order valence-corrected chi connectivity index (χ3v) is 4.95. The molecule has 4 rings (SSSR count). The molecule has 3 heterocycles. The second-order valence-electron chi connectivity index (χ2n) is 6.33. The normalized spacial score (nSPS) is 34.0. The minimum atomic E-state index is -0.659. The summed E-state index contributed by atoms with van der Waals surface area (Å²) in [7, 11) is 0. The number of rotatable bonds is 4. The molecule has 5 heteroatoms. The predicted molar refractivity (Wildman–Crippen MR) is 82.2 cm³/mol. The molecule has 3 aliphatic heterocycles. The first-order valence-corrected chi connectivity index (χ1v) is 8.01. The van der Waals surface area contributed by atoms with Gasteiger partial charge in [-0.2, -0.15) is 0 Å². The first kappa shape index (κ1) is 14.5. The van der Waals surface area contributed by atoms with Gasteiger partial charge in [-0.3, -0.25) is 9.59 Å². The van der Waals surface area contributed by atoms with Crippen LogP contribution >= 0.6 is 0 Å². The van der Waals surface area contributed by atoms with E-state index >= 15 is 0 Å². The van der Waals surface area contributed by atoms with Crippen LogP contribution in [0.2, 0.25) is 0 Å². The topological polar surface area (TPSA) is 55.8 Å². The first-order chi connectivity index (χ1) is 11.1. The number of esters is 1. The van der Waals surface area contributed by atoms with Crippen molar-refractivity contribution in [2.45, 2.75) is 25.2 Å². The molecule has 0 aliphatic carbocycles. The highest BCUT2D eigenvalue weighted by Crippen LogP contribution is 2.52. The molecule has 0 unspecified atom stereocenters. The number of fused-ring (bicyclic) bond motifs is 1. The Hall–Kier alpha value is -2.14. The monoisotopic (exact) mass is 313 g/mol. The van der Waals surface area contributed by atoms with E-state index in [0.29, 0.717) is 19.7 Å². The average Bonchev–Trinajstić information content (AvgIpc) is 3.17. The van der Waals surface area contributed by atoms with E-state index in [1.165, 1.54) is 0 Å². The van der Waals surface area contributed by atoms with Crippen LogP contribution in [0.15, 0.2) is 42.5 Å². The van der Waals surface area contributed by atoms with Gasteiger partial charge in [0.25, 0.3) is 0 Å². The zero-order chi connectivity index (χ0) is 16.0. The van der Waals surface area contributed by atoms with Crippen LogP contribution in [-0.4, -0.2) is 41.6 Å². The van der Waals surface area contributed by atoms with E-state index in [-0.39, 0.29) is 18.0 Å². The molecule has 1 spiro atoms. The smallest absolute Gasteiger partial charge is 0.312 e. The van der Waals surface area contributed by atoms with Gasteiger partial charge >= 0.3 is 5.97 Å². The number of ether oxygens (including phenoxy) is 2. The Labute approximate surface area is 134 Å². The third-order valence-electron chi connectivity index (χ3n) is 4.95. The molecule has 1 aromatic rings. The number of carbonyl (C=O) groups excluding carboxylic acids is 2. The Morgan fingerprint density at radius 3 is 2.91 bits per heavy atom. The molecule has 2 bridgehead atoms. The predicted octanol–water partition coefficient (Wildman–Crippen LogP) is 1.53. The SMILES string of the molecule is CCOC(=O)[C@H]1[C@@H]2C=C[C@]3(CN(Cc4ccccc4)C(=O)[C@H]13)O2. The molecule has 1 amide bonds. The zero-order valence-electron chi connectivity index (χ0n) is 13.0. The fourth-order valence-electron chi connectivity index (χ4n) is 4.02. The lowest BCUT2D eigenvalue weighted by molar-refractivity contribution is -0.153. The van der Waals surface area contributed by atoms with Gasteiger partial charge in [0.05, 0.1) is 25.2 Å². The van der Waals surface area contributed by atoms with Crippen molar-refractivity contribution in [2.24, 2.45) is 11.8 Å². The summed E-state index contributed by atoms with van der Waals surface area (Å²) >= 11 is 0. The van der Waals surface area contributed by atoms with Gasteiger partial charge in [-0.25, -0.2) is 0 Å². The summed E-state index contributed by atoms with van der Waals surface area (Å²) in [6.07, 6.45) is 3.53. The Kier molecular flexibility index (Phi) is 3.27. The molecule has 120 valence electrons. The minimum Gasteiger partial charge on any atom is -0.466 e. The van der Waals surface area contributed by atoms with E-state index in [1.54, 1.807) is 11.8 Å². The van der Waals surface area contributed by atoms with Crippen molar-refractivity contribution in [3.63, 3.8) is 0 Å². The summed E-state index contributed by atoms with van der Waals surface area (Å²) in [6, 6.07) is 9.86. The molecular formula is C18H19NO4. The number of nitrogens with zero attached hydrogens (tertiary/aromatic N) is 1. The highest BCUT2D eigenvalue weighted by atomic mass is 16.6. The molecule has 3 aliphatic rings. The van der Waals surface area contributed by atoms with E-state index in [4.69, 9.17) is 9.47 Å². The molecule has 0 saturated carbocycles. The van der Waals surface area contributed by atoms with Crippen molar-refractivity contribution >= 4 is 11.9 Å². The summed E-state index contributed by atoms with van der Waals surface area (Å²) in [5.74, 6) is -1.32. The van der Waals surface area contributed by atoms with Gasteiger partial charge < -0.3 is 14.4 Å². The summed E-state index contributed by atoms with van der Waals surface area (Å²) < 4.78 is 11.2. The van der Waals surface area contributed by atoms with Gasteiger partial charge in [0.2, 0.25) is 5.91 Å². The maximum atomic E-state index is 12.9. The molecule has 2 saturated heterocycles. The van der Waals surface area contributed by atoms with Crippen LogP contribution in [-0.2, 0) is 25.6 Å². The largest absolute Gasteiger partial charge is 0.466 e. The van der Waals surface area contributed by atoms with E-state index in [1.807, 2.05) is 42.5 Å². The number of amides is 1. The molecule has 0 aromatic heterocycles. The van der Waals surface area contributed by atoms with Crippen molar-refractivity contribution in [3.05, 3.63) is 48.0 Å². The van der Waals surface area contributed by atoms with Crippen LogP contribution in [0.25, 0.3) is 0 Å². The van der Waals surface area contributed by atoms with Gasteiger partial charge in [-0.15, -0.1) is 0 Å². The number of benzene rings is 1. The first-order valence-electron chi connectivity index (χ1n) is 8.01. The van der Waals surface area contributed by atoms with Crippen LogP contribution in [0, 0.1) is 11.8 Å². The van der Waals surface area contributed by atoms with Gasteiger partial charge in [-0.1, -0.05) is 42.5 Å². The number of carbonyl (C=O) groups is 2. The lowest BCUT2D eigenvalue weighted by Crippen LogP contribution is -2.39. The summed E-state index contributed by atoms with van der Waals surface area (Å²) in [5, 5.41) is 0. The van der Waals surface area contributed by atoms with Crippen molar-refractivity contribution in [2.75, 3.05) is 13.2 Å². The minimum absolute atomic E-state index is 0.0150. The van der Waals surface area contributed by atoms with Crippen molar-refractivity contribution in [3.8, 4) is 0 Å². The quantitative estimate of drug-likeness (QED) is 0.625. The lowest BCUT2D eigenvalue weighted by Gasteiger charge is -2.22. The maximum absolute atomic E-state index is 12.9. The third kappa shape index (κ3) is 2.10. The van der Waals surface area contributed by atoms with Crippen LogP contribution in [0.4, 0.5) is 0 Å². The van der Waals surface area contributed by atoms with E-state index < -0.39 is 17.4 Å². The molecule has 0 N–H and O–H groups in total. The highest BCUT2D eigenvalue weighted by molar-refractivity contribution is 5.91. The van der Waals surface area contributed by atoms with Crippen LogP contribution in [0.5, 0.6) is 0 Å². The zero-order valence-corrected chi connectivity index (χ0v) is 13.0. The van der Waals surface area contributed by atoms with Crippen molar-refractivity contribution < 1.29 is 19.1 Å². The average molecular weight is 313 g/mol. The molecule has 0 radical (unpaired) electrons. The van der Waals surface area contributed by atoms with E-state index in [0.717, 1.165) is 5.56 Å². The summed E-state index contributed by atoms with van der Waals surface area (Å²) in [6.45, 7) is 3.12. The standard InChI is InChI=1S/C18H19NO4/c1-2-22-17(21)14-13-8-9-18(23-13)11-19(16(20)15(14)18)10-12-6-4-3-5-7-12/h3-9,13-15H,2,10-11H2,1H3/t13-,14-,15-,18+/m0/s1. The molecule has 5 nitrogen and oxygen atoms in total. The van der Waals surface area contributed by atoms with Crippen molar-refractivity contribution in [1.82, 2.24) is 4.90 Å².